The van der Waals surface area contributed by atoms with Crippen LogP contribution < -0.4 is 4.90 Å². The molecule has 0 aliphatic carbocycles. The molecule has 4 rings (SSSR count). The minimum atomic E-state index is 0.837. The van der Waals surface area contributed by atoms with Crippen LogP contribution in [0.3, 0.4) is 0 Å². The molecule has 0 unspecified atom stereocenters. The number of nitrogens with zero attached hydrogens (tertiary/aromatic N) is 4. The second-order valence-corrected chi connectivity index (χ2v) is 7.76. The molecule has 0 saturated carbocycles. The van der Waals surface area contributed by atoms with E-state index in [9.17, 15) is 0 Å². The lowest BCUT2D eigenvalue weighted by Gasteiger charge is -2.32. The van der Waals surface area contributed by atoms with Gasteiger partial charge >= 0.3 is 0 Å². The predicted octanol–water partition coefficient (Wildman–Crippen LogP) is 3.58. The lowest BCUT2D eigenvalue weighted by molar-refractivity contribution is 0.243. The summed E-state index contributed by atoms with van der Waals surface area (Å²) in [7, 11) is 0. The fourth-order valence-electron chi connectivity index (χ4n) is 3.81. The number of fused-ring (bicyclic) bond motifs is 1. The molecule has 0 N–H and O–H groups in total. The van der Waals surface area contributed by atoms with Crippen molar-refractivity contribution in [3.8, 4) is 0 Å². The highest BCUT2D eigenvalue weighted by Gasteiger charge is 2.22. The molecule has 1 aromatic carbocycles. The highest BCUT2D eigenvalue weighted by molar-refractivity contribution is 5.35. The smallest absolute Gasteiger partial charge is 0.225 e. The number of rotatable bonds is 3. The maximum Gasteiger partial charge on any atom is 0.225 e. The Balaban J connectivity index is 1.42. The first-order valence-electron chi connectivity index (χ1n) is 9.55. The Hall–Kier alpha value is -1.94. The molecule has 4 nitrogen and oxygen atoms in total. The Labute approximate surface area is 150 Å². The third-order valence-electron chi connectivity index (χ3n) is 5.59. The van der Waals surface area contributed by atoms with Crippen molar-refractivity contribution in [1.82, 2.24) is 14.9 Å². The monoisotopic (exact) mass is 336 g/mol. The number of aromatic nitrogens is 2. The standard InChI is InChI=1S/C21H28N4/c1-16-3-5-18(6-4-16)14-24-10-9-20-19(15-24)13-22-21(23-20)25-11-7-17(2)8-12-25/h3-6,13,17H,7-12,14-15H2,1-2H3. The van der Waals surface area contributed by atoms with E-state index in [-0.39, 0.29) is 0 Å². The normalized spacial score (nSPS) is 19.0. The zero-order chi connectivity index (χ0) is 17.2. The number of hydrogen-bond donors (Lipinski definition) is 0. The first-order valence-corrected chi connectivity index (χ1v) is 9.55. The Morgan fingerprint density at radius 1 is 1.08 bits per heavy atom. The quantitative estimate of drug-likeness (QED) is 0.857. The summed E-state index contributed by atoms with van der Waals surface area (Å²) >= 11 is 0. The Kier molecular flexibility index (Phi) is 4.71. The number of piperidine rings is 1. The summed E-state index contributed by atoms with van der Waals surface area (Å²) in [5.74, 6) is 1.78. The van der Waals surface area contributed by atoms with Crippen LogP contribution in [0.5, 0.6) is 0 Å². The summed E-state index contributed by atoms with van der Waals surface area (Å²) in [6.45, 7) is 9.71. The SMILES string of the molecule is Cc1ccc(CN2CCc3nc(N4CCC(C)CC4)ncc3C2)cc1. The molecule has 0 spiro atoms. The summed E-state index contributed by atoms with van der Waals surface area (Å²) in [5, 5.41) is 0. The maximum atomic E-state index is 4.90. The summed E-state index contributed by atoms with van der Waals surface area (Å²) in [5.41, 5.74) is 5.26. The van der Waals surface area contributed by atoms with Crippen molar-refractivity contribution in [2.24, 2.45) is 5.92 Å². The molecule has 2 aliphatic rings. The van der Waals surface area contributed by atoms with Crippen molar-refractivity contribution >= 4 is 5.95 Å². The largest absolute Gasteiger partial charge is 0.341 e. The molecule has 132 valence electrons. The van der Waals surface area contributed by atoms with Crippen LogP contribution in [0.2, 0.25) is 0 Å². The zero-order valence-electron chi connectivity index (χ0n) is 15.4. The van der Waals surface area contributed by atoms with Crippen LogP contribution >= 0.6 is 0 Å². The summed E-state index contributed by atoms with van der Waals surface area (Å²) < 4.78 is 0. The zero-order valence-corrected chi connectivity index (χ0v) is 15.4. The lowest BCUT2D eigenvalue weighted by Crippen LogP contribution is -2.35. The van der Waals surface area contributed by atoms with Gasteiger partial charge in [-0.25, -0.2) is 9.97 Å². The number of hydrogen-bond acceptors (Lipinski definition) is 4. The van der Waals surface area contributed by atoms with Gasteiger partial charge in [0.1, 0.15) is 0 Å². The van der Waals surface area contributed by atoms with Crippen molar-refractivity contribution in [2.45, 2.75) is 46.2 Å². The van der Waals surface area contributed by atoms with Crippen molar-refractivity contribution in [2.75, 3.05) is 24.5 Å². The van der Waals surface area contributed by atoms with Crippen LogP contribution in [0.1, 0.15) is 42.1 Å². The van der Waals surface area contributed by atoms with E-state index < -0.39 is 0 Å². The van der Waals surface area contributed by atoms with Gasteiger partial charge < -0.3 is 4.90 Å². The van der Waals surface area contributed by atoms with Crippen LogP contribution in [-0.4, -0.2) is 34.5 Å². The lowest BCUT2D eigenvalue weighted by atomic mass is 9.99. The van der Waals surface area contributed by atoms with Gasteiger partial charge in [0.25, 0.3) is 0 Å². The van der Waals surface area contributed by atoms with Crippen LogP contribution in [0.15, 0.2) is 30.5 Å². The molecule has 0 amide bonds. The molecular weight excluding hydrogens is 308 g/mol. The van der Waals surface area contributed by atoms with E-state index in [0.29, 0.717) is 0 Å². The highest BCUT2D eigenvalue weighted by atomic mass is 15.3. The number of benzene rings is 1. The van der Waals surface area contributed by atoms with Crippen LogP contribution in [0, 0.1) is 12.8 Å². The third kappa shape index (κ3) is 3.84. The van der Waals surface area contributed by atoms with E-state index in [2.05, 4.69) is 59.1 Å². The highest BCUT2D eigenvalue weighted by Crippen LogP contribution is 2.24. The minimum absolute atomic E-state index is 0.837. The Bertz CT molecular complexity index is 717. The molecule has 25 heavy (non-hydrogen) atoms. The van der Waals surface area contributed by atoms with Gasteiger partial charge in [0.15, 0.2) is 0 Å². The van der Waals surface area contributed by atoms with Crippen LogP contribution in [0.4, 0.5) is 5.95 Å². The van der Waals surface area contributed by atoms with E-state index in [1.54, 1.807) is 0 Å². The van der Waals surface area contributed by atoms with Gasteiger partial charge in [0.2, 0.25) is 5.95 Å². The average molecular weight is 336 g/mol. The van der Waals surface area contributed by atoms with E-state index in [1.807, 2.05) is 0 Å². The molecule has 0 radical (unpaired) electrons. The van der Waals surface area contributed by atoms with Crippen molar-refractivity contribution in [3.05, 3.63) is 52.8 Å². The van der Waals surface area contributed by atoms with E-state index >= 15 is 0 Å². The molecule has 3 heterocycles. The second-order valence-electron chi connectivity index (χ2n) is 7.76. The van der Waals surface area contributed by atoms with E-state index in [1.165, 1.54) is 35.2 Å². The van der Waals surface area contributed by atoms with Gasteiger partial charge in [-0.3, -0.25) is 4.90 Å². The molecule has 1 fully saturated rings. The molecular formula is C21H28N4. The summed E-state index contributed by atoms with van der Waals surface area (Å²) in [6, 6.07) is 8.87. The average Bonchev–Trinajstić information content (AvgIpc) is 2.64. The molecule has 1 saturated heterocycles. The number of anilines is 1. The molecule has 0 bridgehead atoms. The van der Waals surface area contributed by atoms with Crippen LogP contribution in [-0.2, 0) is 19.5 Å². The second kappa shape index (κ2) is 7.12. The Morgan fingerprint density at radius 3 is 2.60 bits per heavy atom. The number of aryl methyl sites for hydroxylation is 1. The first-order chi connectivity index (χ1) is 12.2. The summed E-state index contributed by atoms with van der Waals surface area (Å²) in [6.07, 6.45) is 5.60. The minimum Gasteiger partial charge on any atom is -0.341 e. The molecule has 2 aliphatic heterocycles. The molecule has 4 heteroatoms. The van der Waals surface area contributed by atoms with Crippen LogP contribution in [0.25, 0.3) is 0 Å². The topological polar surface area (TPSA) is 32.3 Å². The molecule has 0 atom stereocenters. The Morgan fingerprint density at radius 2 is 1.84 bits per heavy atom. The van der Waals surface area contributed by atoms with E-state index in [0.717, 1.165) is 51.0 Å². The first kappa shape index (κ1) is 16.5. The van der Waals surface area contributed by atoms with Gasteiger partial charge in [0, 0.05) is 50.9 Å². The predicted molar refractivity (Wildman–Crippen MR) is 102 cm³/mol. The van der Waals surface area contributed by atoms with E-state index in [4.69, 9.17) is 4.98 Å². The van der Waals surface area contributed by atoms with Crippen molar-refractivity contribution in [1.29, 1.82) is 0 Å². The third-order valence-corrected chi connectivity index (χ3v) is 5.59. The van der Waals surface area contributed by atoms with Gasteiger partial charge in [-0.15, -0.1) is 0 Å². The fraction of sp³-hybridized carbons (Fsp3) is 0.524. The maximum absolute atomic E-state index is 4.90. The molecule has 2 aromatic rings. The molecule has 1 aromatic heterocycles. The fourth-order valence-corrected chi connectivity index (χ4v) is 3.81. The van der Waals surface area contributed by atoms with Gasteiger partial charge in [-0.05, 0) is 31.2 Å². The summed E-state index contributed by atoms with van der Waals surface area (Å²) in [4.78, 5) is 14.4. The van der Waals surface area contributed by atoms with Crippen molar-refractivity contribution in [3.63, 3.8) is 0 Å². The van der Waals surface area contributed by atoms with Gasteiger partial charge in [-0.1, -0.05) is 36.8 Å². The van der Waals surface area contributed by atoms with Crippen molar-refractivity contribution < 1.29 is 0 Å². The van der Waals surface area contributed by atoms with Gasteiger partial charge in [-0.2, -0.15) is 0 Å². The van der Waals surface area contributed by atoms with Gasteiger partial charge in [0.05, 0.1) is 5.69 Å².